The molecule has 0 aliphatic carbocycles. The highest BCUT2D eigenvalue weighted by atomic mass is 35.5. The van der Waals surface area contributed by atoms with Gasteiger partial charge < -0.3 is 0 Å². The topological polar surface area (TPSA) is 17.1 Å². The molecule has 13 heavy (non-hydrogen) atoms. The van der Waals surface area contributed by atoms with Gasteiger partial charge in [0.1, 0.15) is 6.29 Å². The SMILES string of the molecule is O=CC=Cc1cccc(Cl)c1CCl. The Morgan fingerprint density at radius 1 is 1.38 bits per heavy atom. The van der Waals surface area contributed by atoms with Crippen LogP contribution in [0.5, 0.6) is 0 Å². The summed E-state index contributed by atoms with van der Waals surface area (Å²) in [5.41, 5.74) is 1.73. The largest absolute Gasteiger partial charge is 0.299 e. The van der Waals surface area contributed by atoms with Crippen molar-refractivity contribution in [1.29, 1.82) is 0 Å². The predicted molar refractivity (Wildman–Crippen MR) is 56.1 cm³/mol. The molecular weight excluding hydrogens is 207 g/mol. The summed E-state index contributed by atoms with van der Waals surface area (Å²) in [6.07, 6.45) is 3.83. The number of aldehydes is 1. The summed E-state index contributed by atoms with van der Waals surface area (Å²) in [4.78, 5) is 10.1. The molecule has 0 bridgehead atoms. The number of carbonyl (C=O) groups excluding carboxylic acids is 1. The van der Waals surface area contributed by atoms with Crippen molar-refractivity contribution in [2.24, 2.45) is 0 Å². The smallest absolute Gasteiger partial charge is 0.142 e. The van der Waals surface area contributed by atoms with Crippen molar-refractivity contribution in [3.63, 3.8) is 0 Å². The Labute approximate surface area is 87.0 Å². The third-order valence-corrected chi connectivity index (χ3v) is 2.26. The van der Waals surface area contributed by atoms with Crippen LogP contribution in [0.15, 0.2) is 24.3 Å². The van der Waals surface area contributed by atoms with Gasteiger partial charge in [-0.3, -0.25) is 4.79 Å². The summed E-state index contributed by atoms with van der Waals surface area (Å²) in [5, 5.41) is 0.628. The number of hydrogen-bond acceptors (Lipinski definition) is 1. The molecule has 0 saturated heterocycles. The van der Waals surface area contributed by atoms with Gasteiger partial charge in [0.15, 0.2) is 0 Å². The van der Waals surface area contributed by atoms with E-state index in [1.54, 1.807) is 12.1 Å². The standard InChI is InChI=1S/C10H8Cl2O/c11-7-9-8(4-2-6-13)3-1-5-10(9)12/h1-6H,7H2. The van der Waals surface area contributed by atoms with Gasteiger partial charge in [0.25, 0.3) is 0 Å². The molecule has 3 heteroatoms. The molecule has 0 atom stereocenters. The van der Waals surface area contributed by atoms with Gasteiger partial charge in [0.05, 0.1) is 0 Å². The third-order valence-electron chi connectivity index (χ3n) is 1.64. The second kappa shape index (κ2) is 5.05. The average molecular weight is 215 g/mol. The quantitative estimate of drug-likeness (QED) is 0.429. The van der Waals surface area contributed by atoms with Crippen LogP contribution < -0.4 is 0 Å². The maximum atomic E-state index is 10.1. The number of allylic oxidation sites excluding steroid dienone is 1. The molecule has 1 rings (SSSR count). The molecule has 0 heterocycles. The zero-order chi connectivity index (χ0) is 9.68. The van der Waals surface area contributed by atoms with E-state index < -0.39 is 0 Å². The maximum Gasteiger partial charge on any atom is 0.142 e. The molecule has 0 fully saturated rings. The van der Waals surface area contributed by atoms with Crippen molar-refractivity contribution in [3.05, 3.63) is 40.4 Å². The van der Waals surface area contributed by atoms with Crippen molar-refractivity contribution in [2.45, 2.75) is 5.88 Å². The van der Waals surface area contributed by atoms with E-state index in [0.717, 1.165) is 17.4 Å². The highest BCUT2D eigenvalue weighted by Crippen LogP contribution is 2.22. The van der Waals surface area contributed by atoms with Crippen LogP contribution in [0.25, 0.3) is 6.08 Å². The molecule has 0 aliphatic heterocycles. The Kier molecular flexibility index (Phi) is 4.00. The Morgan fingerprint density at radius 3 is 2.77 bits per heavy atom. The predicted octanol–water partition coefficient (Wildman–Crippen LogP) is 3.29. The fourth-order valence-electron chi connectivity index (χ4n) is 1.02. The molecule has 0 unspecified atom stereocenters. The summed E-state index contributed by atoms with van der Waals surface area (Å²) in [6, 6.07) is 5.46. The van der Waals surface area contributed by atoms with Gasteiger partial charge in [0.2, 0.25) is 0 Å². The minimum atomic E-state index is 0.345. The molecule has 0 aliphatic rings. The summed E-state index contributed by atoms with van der Waals surface area (Å²) in [7, 11) is 0. The van der Waals surface area contributed by atoms with Gasteiger partial charge in [-0.25, -0.2) is 0 Å². The van der Waals surface area contributed by atoms with Crippen LogP contribution in [0.3, 0.4) is 0 Å². The van der Waals surface area contributed by atoms with Gasteiger partial charge in [-0.1, -0.05) is 29.8 Å². The van der Waals surface area contributed by atoms with Crippen molar-refractivity contribution in [2.75, 3.05) is 0 Å². The van der Waals surface area contributed by atoms with E-state index in [-0.39, 0.29) is 0 Å². The summed E-state index contributed by atoms with van der Waals surface area (Å²) >= 11 is 11.6. The summed E-state index contributed by atoms with van der Waals surface area (Å²) in [6.45, 7) is 0. The van der Waals surface area contributed by atoms with Crippen LogP contribution in [-0.4, -0.2) is 6.29 Å². The Hall–Kier alpha value is -0.790. The first kappa shape index (κ1) is 10.3. The first-order valence-electron chi connectivity index (χ1n) is 3.74. The molecule has 0 radical (unpaired) electrons. The molecule has 0 amide bonds. The maximum absolute atomic E-state index is 10.1. The van der Waals surface area contributed by atoms with Gasteiger partial charge in [-0.15, -0.1) is 11.6 Å². The minimum absolute atomic E-state index is 0.345. The lowest BCUT2D eigenvalue weighted by atomic mass is 10.1. The molecule has 1 nitrogen and oxygen atoms in total. The number of alkyl halides is 1. The van der Waals surface area contributed by atoms with E-state index in [2.05, 4.69) is 0 Å². The average Bonchev–Trinajstić information content (AvgIpc) is 2.15. The van der Waals surface area contributed by atoms with E-state index in [1.165, 1.54) is 6.08 Å². The van der Waals surface area contributed by atoms with E-state index in [1.807, 2.05) is 12.1 Å². The van der Waals surface area contributed by atoms with Crippen LogP contribution in [0.2, 0.25) is 5.02 Å². The van der Waals surface area contributed by atoms with E-state index in [0.29, 0.717) is 10.9 Å². The van der Waals surface area contributed by atoms with Crippen molar-refractivity contribution in [1.82, 2.24) is 0 Å². The monoisotopic (exact) mass is 214 g/mol. The van der Waals surface area contributed by atoms with E-state index in [4.69, 9.17) is 23.2 Å². The Bertz CT molecular complexity index is 332. The van der Waals surface area contributed by atoms with Gasteiger partial charge in [0, 0.05) is 10.9 Å². The molecule has 0 spiro atoms. The first-order chi connectivity index (χ1) is 6.29. The lowest BCUT2D eigenvalue weighted by molar-refractivity contribution is -0.104. The fourth-order valence-corrected chi connectivity index (χ4v) is 1.63. The van der Waals surface area contributed by atoms with Crippen molar-refractivity contribution in [3.8, 4) is 0 Å². The van der Waals surface area contributed by atoms with Crippen LogP contribution in [0.4, 0.5) is 0 Å². The number of carbonyl (C=O) groups is 1. The molecule has 1 aromatic rings. The lowest BCUT2D eigenvalue weighted by Crippen LogP contribution is -1.85. The van der Waals surface area contributed by atoms with Crippen molar-refractivity contribution < 1.29 is 4.79 Å². The first-order valence-corrected chi connectivity index (χ1v) is 4.66. The van der Waals surface area contributed by atoms with Crippen molar-refractivity contribution >= 4 is 35.6 Å². The second-order valence-corrected chi connectivity index (χ2v) is 3.11. The molecule has 0 aromatic heterocycles. The minimum Gasteiger partial charge on any atom is -0.299 e. The highest BCUT2D eigenvalue weighted by Gasteiger charge is 2.02. The normalized spacial score (nSPS) is 10.6. The number of halogens is 2. The lowest BCUT2D eigenvalue weighted by Gasteiger charge is -2.03. The van der Waals surface area contributed by atoms with Gasteiger partial charge in [-0.05, 0) is 23.3 Å². The zero-order valence-corrected chi connectivity index (χ0v) is 8.35. The summed E-state index contributed by atoms with van der Waals surface area (Å²) in [5.74, 6) is 0.345. The van der Waals surface area contributed by atoms with Crippen LogP contribution >= 0.6 is 23.2 Å². The van der Waals surface area contributed by atoms with Gasteiger partial charge in [-0.2, -0.15) is 0 Å². The summed E-state index contributed by atoms with van der Waals surface area (Å²) < 4.78 is 0. The van der Waals surface area contributed by atoms with Gasteiger partial charge >= 0.3 is 0 Å². The van der Waals surface area contributed by atoms with Crippen LogP contribution in [0, 0.1) is 0 Å². The fraction of sp³-hybridized carbons (Fsp3) is 0.100. The number of benzene rings is 1. The Morgan fingerprint density at radius 2 is 2.15 bits per heavy atom. The van der Waals surface area contributed by atoms with E-state index >= 15 is 0 Å². The van der Waals surface area contributed by atoms with Crippen LogP contribution in [0.1, 0.15) is 11.1 Å². The Balaban J connectivity index is 3.12. The number of hydrogen-bond donors (Lipinski definition) is 0. The second-order valence-electron chi connectivity index (χ2n) is 2.44. The van der Waals surface area contributed by atoms with Crippen LogP contribution in [-0.2, 0) is 10.7 Å². The van der Waals surface area contributed by atoms with E-state index in [9.17, 15) is 4.79 Å². The number of rotatable bonds is 3. The highest BCUT2D eigenvalue weighted by molar-refractivity contribution is 6.32. The third kappa shape index (κ3) is 2.58. The molecule has 0 saturated carbocycles. The molecule has 0 N–H and O–H groups in total. The molecule has 1 aromatic carbocycles. The molecular formula is C10H8Cl2O. The molecule has 68 valence electrons. The zero-order valence-electron chi connectivity index (χ0n) is 6.84.